The lowest BCUT2D eigenvalue weighted by Crippen LogP contribution is -2.16. The number of benzene rings is 1. The summed E-state index contributed by atoms with van der Waals surface area (Å²) >= 11 is 0. The van der Waals surface area contributed by atoms with Crippen LogP contribution in [-0.4, -0.2) is 28.8 Å². The minimum Gasteiger partial charge on any atom is -0.478 e. The second-order valence-electron chi connectivity index (χ2n) is 4.25. The maximum atomic E-state index is 10.8. The normalized spacial score (nSPS) is 12.2. The van der Waals surface area contributed by atoms with E-state index in [1.54, 1.807) is 18.2 Å². The quantitative estimate of drug-likeness (QED) is 0.710. The monoisotopic (exact) mass is 237 g/mol. The predicted octanol–water partition coefficient (Wildman–Crippen LogP) is 2.27. The van der Waals surface area contributed by atoms with Gasteiger partial charge in [-0.05, 0) is 50.5 Å². The molecular weight excluding hydrogens is 218 g/mol. The maximum absolute atomic E-state index is 10.8. The third-order valence-corrected chi connectivity index (χ3v) is 2.67. The van der Waals surface area contributed by atoms with Crippen molar-refractivity contribution in [1.82, 2.24) is 0 Å². The SMILES string of the molecule is Cc1cc(C(=O)O)ccc1NC(C)CCCO. The Morgan fingerprint density at radius 1 is 1.47 bits per heavy atom. The van der Waals surface area contributed by atoms with Crippen molar-refractivity contribution in [1.29, 1.82) is 0 Å². The molecule has 0 bridgehead atoms. The molecule has 4 heteroatoms. The van der Waals surface area contributed by atoms with Gasteiger partial charge in [0.1, 0.15) is 0 Å². The fourth-order valence-electron chi connectivity index (χ4n) is 1.69. The lowest BCUT2D eigenvalue weighted by molar-refractivity contribution is 0.0697. The molecule has 17 heavy (non-hydrogen) atoms. The standard InChI is InChI=1S/C13H19NO3/c1-9-8-11(13(16)17)5-6-12(9)14-10(2)4-3-7-15/h5-6,8,10,14-15H,3-4,7H2,1-2H3,(H,16,17). The molecule has 0 spiro atoms. The van der Waals surface area contributed by atoms with E-state index < -0.39 is 5.97 Å². The molecule has 0 aliphatic rings. The lowest BCUT2D eigenvalue weighted by atomic mass is 10.1. The minimum atomic E-state index is -0.909. The predicted molar refractivity (Wildman–Crippen MR) is 67.5 cm³/mol. The molecule has 0 radical (unpaired) electrons. The van der Waals surface area contributed by atoms with Gasteiger partial charge in [0.25, 0.3) is 0 Å². The van der Waals surface area contributed by atoms with Gasteiger partial charge >= 0.3 is 5.97 Å². The van der Waals surface area contributed by atoms with E-state index in [1.807, 2.05) is 13.8 Å². The molecule has 1 rings (SSSR count). The number of carboxylic acid groups (broad SMARTS) is 1. The molecule has 0 saturated carbocycles. The number of nitrogens with one attached hydrogen (secondary N) is 1. The molecule has 1 aromatic rings. The lowest BCUT2D eigenvalue weighted by Gasteiger charge is -2.16. The van der Waals surface area contributed by atoms with Crippen molar-refractivity contribution in [2.75, 3.05) is 11.9 Å². The Kier molecular flexibility index (Phi) is 4.97. The summed E-state index contributed by atoms with van der Waals surface area (Å²) in [5.74, 6) is -0.909. The summed E-state index contributed by atoms with van der Waals surface area (Å²) in [4.78, 5) is 10.8. The average molecular weight is 237 g/mol. The van der Waals surface area contributed by atoms with Gasteiger partial charge in [-0.2, -0.15) is 0 Å². The van der Waals surface area contributed by atoms with Crippen LogP contribution in [-0.2, 0) is 0 Å². The largest absolute Gasteiger partial charge is 0.478 e. The summed E-state index contributed by atoms with van der Waals surface area (Å²) in [7, 11) is 0. The van der Waals surface area contributed by atoms with E-state index in [0.717, 1.165) is 24.1 Å². The number of aryl methyl sites for hydroxylation is 1. The van der Waals surface area contributed by atoms with Gasteiger partial charge in [0.2, 0.25) is 0 Å². The van der Waals surface area contributed by atoms with E-state index in [9.17, 15) is 4.79 Å². The molecule has 3 N–H and O–H groups in total. The number of aliphatic hydroxyl groups excluding tert-OH is 1. The molecule has 4 nitrogen and oxygen atoms in total. The molecule has 0 heterocycles. The first-order valence-corrected chi connectivity index (χ1v) is 5.76. The summed E-state index contributed by atoms with van der Waals surface area (Å²) < 4.78 is 0. The number of hydrogen-bond donors (Lipinski definition) is 3. The molecule has 94 valence electrons. The number of aromatic carboxylic acids is 1. The van der Waals surface area contributed by atoms with Crippen LogP contribution in [0.2, 0.25) is 0 Å². The summed E-state index contributed by atoms with van der Waals surface area (Å²) in [6.45, 7) is 4.12. The van der Waals surface area contributed by atoms with Crippen molar-refractivity contribution in [2.24, 2.45) is 0 Å². The first-order chi connectivity index (χ1) is 8.04. The molecule has 1 atom stereocenters. The molecule has 0 aliphatic heterocycles. The van der Waals surface area contributed by atoms with Crippen molar-refractivity contribution in [3.8, 4) is 0 Å². The first-order valence-electron chi connectivity index (χ1n) is 5.76. The van der Waals surface area contributed by atoms with Crippen LogP contribution in [0, 0.1) is 6.92 Å². The molecule has 1 aromatic carbocycles. The average Bonchev–Trinajstić information content (AvgIpc) is 2.28. The zero-order valence-corrected chi connectivity index (χ0v) is 10.2. The second kappa shape index (κ2) is 6.25. The van der Waals surface area contributed by atoms with Gasteiger partial charge < -0.3 is 15.5 Å². The van der Waals surface area contributed by atoms with Crippen LogP contribution in [0.5, 0.6) is 0 Å². The summed E-state index contributed by atoms with van der Waals surface area (Å²) in [6, 6.07) is 5.30. The molecule has 0 fully saturated rings. The Balaban J connectivity index is 2.69. The van der Waals surface area contributed by atoms with Crippen LogP contribution in [0.4, 0.5) is 5.69 Å². The number of hydrogen-bond acceptors (Lipinski definition) is 3. The van der Waals surface area contributed by atoms with Crippen LogP contribution >= 0.6 is 0 Å². The van der Waals surface area contributed by atoms with E-state index in [0.29, 0.717) is 5.56 Å². The Morgan fingerprint density at radius 2 is 2.18 bits per heavy atom. The number of carbonyl (C=O) groups is 1. The molecule has 1 unspecified atom stereocenters. The smallest absolute Gasteiger partial charge is 0.335 e. The summed E-state index contributed by atoms with van der Waals surface area (Å²) in [5.41, 5.74) is 2.16. The third kappa shape index (κ3) is 4.07. The van der Waals surface area contributed by atoms with E-state index in [-0.39, 0.29) is 12.6 Å². The maximum Gasteiger partial charge on any atom is 0.335 e. The van der Waals surface area contributed by atoms with Crippen LogP contribution in [0.15, 0.2) is 18.2 Å². The van der Waals surface area contributed by atoms with Crippen LogP contribution < -0.4 is 5.32 Å². The number of rotatable bonds is 6. The Hall–Kier alpha value is -1.55. The summed E-state index contributed by atoms with van der Waals surface area (Å²) in [6.07, 6.45) is 1.65. The van der Waals surface area contributed by atoms with Crippen molar-refractivity contribution >= 4 is 11.7 Å². The number of aliphatic hydroxyl groups is 1. The van der Waals surface area contributed by atoms with Crippen molar-refractivity contribution in [2.45, 2.75) is 32.7 Å². The van der Waals surface area contributed by atoms with E-state index in [1.165, 1.54) is 0 Å². The number of carboxylic acids is 1. The zero-order chi connectivity index (χ0) is 12.8. The zero-order valence-electron chi connectivity index (χ0n) is 10.2. The highest BCUT2D eigenvalue weighted by molar-refractivity contribution is 5.88. The fraction of sp³-hybridized carbons (Fsp3) is 0.462. The van der Waals surface area contributed by atoms with Gasteiger partial charge in [0.15, 0.2) is 0 Å². The van der Waals surface area contributed by atoms with Gasteiger partial charge in [-0.3, -0.25) is 0 Å². The summed E-state index contributed by atoms with van der Waals surface area (Å²) in [5, 5.41) is 20.9. The van der Waals surface area contributed by atoms with Crippen molar-refractivity contribution in [3.63, 3.8) is 0 Å². The van der Waals surface area contributed by atoms with Crippen molar-refractivity contribution < 1.29 is 15.0 Å². The fourth-order valence-corrected chi connectivity index (χ4v) is 1.69. The Labute approximate surface area is 101 Å². The van der Waals surface area contributed by atoms with Gasteiger partial charge in [0.05, 0.1) is 5.56 Å². The van der Waals surface area contributed by atoms with Gasteiger partial charge in [-0.1, -0.05) is 0 Å². The minimum absolute atomic E-state index is 0.197. The Morgan fingerprint density at radius 3 is 2.71 bits per heavy atom. The first kappa shape index (κ1) is 13.5. The second-order valence-corrected chi connectivity index (χ2v) is 4.25. The van der Waals surface area contributed by atoms with Crippen LogP contribution in [0.1, 0.15) is 35.7 Å². The molecular formula is C13H19NO3. The van der Waals surface area contributed by atoms with Crippen LogP contribution in [0.3, 0.4) is 0 Å². The molecule has 0 aliphatic carbocycles. The van der Waals surface area contributed by atoms with Gasteiger partial charge in [-0.15, -0.1) is 0 Å². The van der Waals surface area contributed by atoms with E-state index >= 15 is 0 Å². The van der Waals surface area contributed by atoms with Crippen molar-refractivity contribution in [3.05, 3.63) is 29.3 Å². The molecule has 0 amide bonds. The van der Waals surface area contributed by atoms with E-state index in [2.05, 4.69) is 5.32 Å². The van der Waals surface area contributed by atoms with Gasteiger partial charge in [-0.25, -0.2) is 4.79 Å². The topological polar surface area (TPSA) is 69.6 Å². The molecule has 0 aromatic heterocycles. The highest BCUT2D eigenvalue weighted by Crippen LogP contribution is 2.18. The van der Waals surface area contributed by atoms with Gasteiger partial charge in [0, 0.05) is 18.3 Å². The Bertz CT molecular complexity index is 390. The van der Waals surface area contributed by atoms with E-state index in [4.69, 9.17) is 10.2 Å². The molecule has 0 saturated heterocycles. The number of anilines is 1. The third-order valence-electron chi connectivity index (χ3n) is 2.67. The van der Waals surface area contributed by atoms with Crippen LogP contribution in [0.25, 0.3) is 0 Å². The highest BCUT2D eigenvalue weighted by Gasteiger charge is 2.07. The highest BCUT2D eigenvalue weighted by atomic mass is 16.4.